The third kappa shape index (κ3) is 1.88. The van der Waals surface area contributed by atoms with E-state index in [9.17, 15) is 4.39 Å². The first-order valence-corrected chi connectivity index (χ1v) is 5.54. The summed E-state index contributed by atoms with van der Waals surface area (Å²) in [6.45, 7) is 11.2. The van der Waals surface area contributed by atoms with Gasteiger partial charge in [-0.05, 0) is 19.9 Å². The van der Waals surface area contributed by atoms with Crippen LogP contribution in [0, 0.1) is 6.57 Å². The van der Waals surface area contributed by atoms with E-state index in [0.29, 0.717) is 12.1 Å². The Morgan fingerprint density at radius 1 is 1.44 bits per heavy atom. The van der Waals surface area contributed by atoms with Gasteiger partial charge in [-0.25, -0.2) is 9.24 Å². The molecule has 0 bridgehead atoms. The predicted octanol–water partition coefficient (Wildman–Crippen LogP) is 3.56. The third-order valence-corrected chi connectivity index (χ3v) is 2.88. The van der Waals surface area contributed by atoms with E-state index in [4.69, 9.17) is 6.57 Å². The van der Waals surface area contributed by atoms with Crippen molar-refractivity contribution in [3.63, 3.8) is 0 Å². The van der Waals surface area contributed by atoms with Crippen molar-refractivity contribution >= 4 is 11.4 Å². The lowest BCUT2D eigenvalue weighted by atomic mass is 10.2. The summed E-state index contributed by atoms with van der Waals surface area (Å²) in [6, 6.07) is 7.60. The number of rotatable bonds is 3. The highest BCUT2D eigenvalue weighted by Crippen LogP contribution is 2.40. The number of anilines is 1. The fourth-order valence-electron chi connectivity index (χ4n) is 2.06. The normalized spacial score (nSPS) is 22.9. The van der Waals surface area contributed by atoms with Crippen molar-refractivity contribution in [3.05, 3.63) is 35.7 Å². The molecule has 3 heteroatoms. The molecule has 0 radical (unpaired) electrons. The molecule has 16 heavy (non-hydrogen) atoms. The minimum absolute atomic E-state index is 0.0390. The Kier molecular flexibility index (Phi) is 2.82. The number of hydrogen-bond acceptors (Lipinski definition) is 1. The average molecular weight is 218 g/mol. The third-order valence-electron chi connectivity index (χ3n) is 2.88. The molecule has 2 nitrogen and oxygen atoms in total. The van der Waals surface area contributed by atoms with Gasteiger partial charge in [-0.1, -0.05) is 18.2 Å². The standard InChI is InChI=1S/C13H15FN2/c1-9(2)16(13-8-10(13)14)12-7-5-4-6-11(12)15-3/h4-7,9-10,13H,8H2,1-2H3/t10-,13-/m0/s1. The molecular formula is C13H15FN2. The number of halogens is 1. The maximum atomic E-state index is 13.2. The van der Waals surface area contributed by atoms with Crippen LogP contribution in [0.25, 0.3) is 4.85 Å². The summed E-state index contributed by atoms with van der Waals surface area (Å²) in [7, 11) is 0. The van der Waals surface area contributed by atoms with Crippen molar-refractivity contribution in [2.24, 2.45) is 0 Å². The van der Waals surface area contributed by atoms with E-state index in [0.717, 1.165) is 5.69 Å². The van der Waals surface area contributed by atoms with Gasteiger partial charge < -0.3 is 4.90 Å². The highest BCUT2D eigenvalue weighted by molar-refractivity contribution is 5.72. The number of benzene rings is 1. The van der Waals surface area contributed by atoms with Crippen LogP contribution in [0.2, 0.25) is 0 Å². The van der Waals surface area contributed by atoms with Crippen LogP contribution in [0.5, 0.6) is 0 Å². The Morgan fingerprint density at radius 3 is 2.56 bits per heavy atom. The number of para-hydroxylation sites is 2. The molecule has 1 fully saturated rings. The van der Waals surface area contributed by atoms with Crippen LogP contribution >= 0.6 is 0 Å². The Morgan fingerprint density at radius 2 is 2.06 bits per heavy atom. The maximum Gasteiger partial charge on any atom is 0.209 e. The van der Waals surface area contributed by atoms with Gasteiger partial charge in [0.25, 0.3) is 0 Å². The second-order valence-corrected chi connectivity index (χ2v) is 4.42. The molecule has 0 saturated heterocycles. The number of alkyl halides is 1. The average Bonchev–Trinajstić information content (AvgIpc) is 2.96. The first-order valence-electron chi connectivity index (χ1n) is 5.54. The van der Waals surface area contributed by atoms with Gasteiger partial charge in [0, 0.05) is 18.2 Å². The van der Waals surface area contributed by atoms with Gasteiger partial charge in [-0.3, -0.25) is 0 Å². The summed E-state index contributed by atoms with van der Waals surface area (Å²) in [5.74, 6) is 0. The van der Waals surface area contributed by atoms with Crippen LogP contribution in [0.1, 0.15) is 20.3 Å². The zero-order valence-electron chi connectivity index (χ0n) is 9.52. The highest BCUT2D eigenvalue weighted by Gasteiger charge is 2.43. The molecule has 2 rings (SSSR count). The second-order valence-electron chi connectivity index (χ2n) is 4.42. The smallest absolute Gasteiger partial charge is 0.209 e. The topological polar surface area (TPSA) is 7.60 Å². The van der Waals surface area contributed by atoms with Crippen LogP contribution < -0.4 is 4.90 Å². The first kappa shape index (κ1) is 10.9. The summed E-state index contributed by atoms with van der Waals surface area (Å²) in [5.41, 5.74) is 1.47. The molecule has 0 amide bonds. The molecule has 84 valence electrons. The molecule has 0 N–H and O–H groups in total. The van der Waals surface area contributed by atoms with E-state index < -0.39 is 6.17 Å². The van der Waals surface area contributed by atoms with E-state index >= 15 is 0 Å². The van der Waals surface area contributed by atoms with E-state index in [1.165, 1.54) is 0 Å². The molecule has 0 aliphatic heterocycles. The largest absolute Gasteiger partial charge is 0.372 e. The van der Waals surface area contributed by atoms with Crippen LogP contribution in [0.4, 0.5) is 15.8 Å². The first-order chi connectivity index (χ1) is 7.65. The quantitative estimate of drug-likeness (QED) is 0.704. The SMILES string of the molecule is [C-]#[N+]c1ccccc1N(C(C)C)[C@H]1C[C@@H]1F. The minimum atomic E-state index is -0.735. The molecule has 1 aromatic rings. The van der Waals surface area contributed by atoms with Crippen molar-refractivity contribution in [1.82, 2.24) is 0 Å². The second kappa shape index (κ2) is 4.13. The molecule has 0 aromatic heterocycles. The zero-order chi connectivity index (χ0) is 11.7. The molecular weight excluding hydrogens is 203 g/mol. The van der Waals surface area contributed by atoms with Gasteiger partial charge in [0.2, 0.25) is 5.69 Å². The van der Waals surface area contributed by atoms with Crippen LogP contribution in [0.3, 0.4) is 0 Å². The summed E-state index contributed by atoms with van der Waals surface area (Å²) < 4.78 is 13.2. The Bertz CT molecular complexity index is 422. The lowest BCUT2D eigenvalue weighted by Crippen LogP contribution is -2.34. The van der Waals surface area contributed by atoms with Gasteiger partial charge in [0.05, 0.1) is 12.6 Å². The van der Waals surface area contributed by atoms with E-state index in [1.807, 2.05) is 36.9 Å². The van der Waals surface area contributed by atoms with Gasteiger partial charge in [-0.2, -0.15) is 0 Å². The molecule has 0 unspecified atom stereocenters. The van der Waals surface area contributed by atoms with Crippen molar-refractivity contribution in [2.75, 3.05) is 4.90 Å². The molecule has 0 heterocycles. The molecule has 1 aliphatic rings. The van der Waals surface area contributed by atoms with Gasteiger partial charge in [0.15, 0.2) is 0 Å². The van der Waals surface area contributed by atoms with Crippen LogP contribution in [0.15, 0.2) is 24.3 Å². The summed E-state index contributed by atoms with van der Waals surface area (Å²) in [5, 5.41) is 0. The van der Waals surface area contributed by atoms with Gasteiger partial charge in [0.1, 0.15) is 6.17 Å². The number of hydrogen-bond donors (Lipinski definition) is 0. The number of nitrogens with zero attached hydrogens (tertiary/aromatic N) is 2. The van der Waals surface area contributed by atoms with Crippen LogP contribution in [-0.4, -0.2) is 18.3 Å². The Balaban J connectivity index is 2.36. The minimum Gasteiger partial charge on any atom is -0.372 e. The Labute approximate surface area is 95.5 Å². The van der Waals surface area contributed by atoms with Gasteiger partial charge in [-0.15, -0.1) is 0 Å². The summed E-state index contributed by atoms with van der Waals surface area (Å²) in [6.07, 6.45) is -0.147. The van der Waals surface area contributed by atoms with E-state index in [1.54, 1.807) is 6.07 Å². The summed E-state index contributed by atoms with van der Waals surface area (Å²) >= 11 is 0. The van der Waals surface area contributed by atoms with Crippen molar-refractivity contribution in [3.8, 4) is 0 Å². The van der Waals surface area contributed by atoms with Crippen molar-refractivity contribution in [2.45, 2.75) is 38.5 Å². The van der Waals surface area contributed by atoms with Crippen LogP contribution in [-0.2, 0) is 0 Å². The fourth-order valence-corrected chi connectivity index (χ4v) is 2.06. The van der Waals surface area contributed by atoms with Crippen molar-refractivity contribution < 1.29 is 4.39 Å². The molecule has 1 aromatic carbocycles. The van der Waals surface area contributed by atoms with E-state index in [2.05, 4.69) is 4.85 Å². The summed E-state index contributed by atoms with van der Waals surface area (Å²) in [4.78, 5) is 5.52. The predicted molar refractivity (Wildman–Crippen MR) is 63.6 cm³/mol. The van der Waals surface area contributed by atoms with Gasteiger partial charge >= 0.3 is 0 Å². The van der Waals surface area contributed by atoms with Crippen molar-refractivity contribution in [1.29, 1.82) is 0 Å². The monoisotopic (exact) mass is 218 g/mol. The molecule has 1 saturated carbocycles. The fraction of sp³-hybridized carbons (Fsp3) is 0.462. The lowest BCUT2D eigenvalue weighted by molar-refractivity contribution is 0.454. The van der Waals surface area contributed by atoms with E-state index in [-0.39, 0.29) is 12.1 Å². The highest BCUT2D eigenvalue weighted by atomic mass is 19.1. The molecule has 0 spiro atoms. The Hall–Kier alpha value is -1.56. The maximum absolute atomic E-state index is 13.2. The molecule has 2 atom stereocenters. The lowest BCUT2D eigenvalue weighted by Gasteiger charge is -2.30. The zero-order valence-corrected chi connectivity index (χ0v) is 9.52. The molecule has 1 aliphatic carbocycles.